The zero-order chi connectivity index (χ0) is 24.4. The fourth-order valence-corrected chi connectivity index (χ4v) is 4.61. The first kappa shape index (κ1) is 23.0. The van der Waals surface area contributed by atoms with Gasteiger partial charge in [-0.25, -0.2) is 4.39 Å². The average Bonchev–Trinajstić information content (AvgIpc) is 3.63. The Balaban J connectivity index is 1.60. The molecule has 1 fully saturated rings. The number of amides is 1. The predicted octanol–water partition coefficient (Wildman–Crippen LogP) is 5.65. The van der Waals surface area contributed by atoms with Crippen molar-refractivity contribution < 1.29 is 18.7 Å². The van der Waals surface area contributed by atoms with Crippen molar-refractivity contribution in [1.82, 2.24) is 9.88 Å². The Hall–Kier alpha value is -3.80. The Labute approximate surface area is 204 Å². The molecule has 1 unspecified atom stereocenters. The highest BCUT2D eigenvalue weighted by atomic mass is 19.1. The third kappa shape index (κ3) is 5.16. The Bertz CT molecular complexity index is 1320. The third-order valence-corrected chi connectivity index (χ3v) is 6.57. The van der Waals surface area contributed by atoms with E-state index in [0.29, 0.717) is 30.5 Å². The molecule has 1 N–H and O–H groups in total. The van der Waals surface area contributed by atoms with E-state index in [0.717, 1.165) is 40.4 Å². The molecule has 0 bridgehead atoms. The summed E-state index contributed by atoms with van der Waals surface area (Å²) in [5, 5.41) is 4.22. The molecule has 0 saturated heterocycles. The second kappa shape index (κ2) is 9.82. The molecule has 5 rings (SSSR count). The van der Waals surface area contributed by atoms with E-state index in [2.05, 4.69) is 28.2 Å². The van der Waals surface area contributed by atoms with Crippen molar-refractivity contribution >= 4 is 16.8 Å². The number of para-hydroxylation sites is 1. The SMILES string of the molecule is COc1cc(OC)cc(C(CC(=O)NC2CC2)c2cn(Cc3ccc(F)cc3)c3ccccc23)c1. The molecule has 4 aromatic rings. The van der Waals surface area contributed by atoms with Crippen molar-refractivity contribution in [2.75, 3.05) is 14.2 Å². The highest BCUT2D eigenvalue weighted by molar-refractivity contribution is 5.87. The molecule has 3 aromatic carbocycles. The van der Waals surface area contributed by atoms with Crippen LogP contribution in [-0.2, 0) is 11.3 Å². The number of hydrogen-bond acceptors (Lipinski definition) is 3. The summed E-state index contributed by atoms with van der Waals surface area (Å²) in [6.07, 6.45) is 4.52. The minimum absolute atomic E-state index is 0.0367. The van der Waals surface area contributed by atoms with Crippen LogP contribution in [0.2, 0.25) is 0 Å². The van der Waals surface area contributed by atoms with Gasteiger partial charge in [0.25, 0.3) is 0 Å². The first-order valence-electron chi connectivity index (χ1n) is 11.9. The smallest absolute Gasteiger partial charge is 0.221 e. The molecule has 1 aliphatic rings. The van der Waals surface area contributed by atoms with Gasteiger partial charge in [0, 0.05) is 48.1 Å². The maximum absolute atomic E-state index is 13.5. The van der Waals surface area contributed by atoms with E-state index in [1.54, 1.807) is 26.4 Å². The molecule has 1 aliphatic carbocycles. The van der Waals surface area contributed by atoms with Gasteiger partial charge in [0.05, 0.1) is 14.2 Å². The number of nitrogens with one attached hydrogen (secondary N) is 1. The molecule has 5 nitrogen and oxygen atoms in total. The standard InChI is InChI=1S/C29H29FN2O3/c1-34-23-13-20(14-24(15-23)35-2)26(16-29(33)31-22-11-12-22)27-18-32(28-6-4-3-5-25(27)28)17-19-7-9-21(30)10-8-19/h3-10,13-15,18,22,26H,11-12,16-17H2,1-2H3,(H,31,33). The van der Waals surface area contributed by atoms with Gasteiger partial charge in [-0.1, -0.05) is 30.3 Å². The van der Waals surface area contributed by atoms with Crippen LogP contribution in [0.1, 0.15) is 41.9 Å². The van der Waals surface area contributed by atoms with Crippen LogP contribution >= 0.6 is 0 Å². The zero-order valence-corrected chi connectivity index (χ0v) is 20.0. The quantitative estimate of drug-likeness (QED) is 0.343. The van der Waals surface area contributed by atoms with Gasteiger partial charge in [-0.05, 0) is 59.9 Å². The van der Waals surface area contributed by atoms with Gasteiger partial charge in [0.2, 0.25) is 5.91 Å². The van der Waals surface area contributed by atoms with Crippen LogP contribution in [0, 0.1) is 5.82 Å². The molecule has 1 heterocycles. The van der Waals surface area contributed by atoms with Crippen molar-refractivity contribution in [3.8, 4) is 11.5 Å². The van der Waals surface area contributed by atoms with Gasteiger partial charge < -0.3 is 19.4 Å². The molecule has 35 heavy (non-hydrogen) atoms. The average molecular weight is 473 g/mol. The molecule has 0 aliphatic heterocycles. The van der Waals surface area contributed by atoms with Crippen LogP contribution in [0.5, 0.6) is 11.5 Å². The first-order chi connectivity index (χ1) is 17.0. The van der Waals surface area contributed by atoms with E-state index in [9.17, 15) is 9.18 Å². The van der Waals surface area contributed by atoms with Crippen LogP contribution in [0.3, 0.4) is 0 Å². The molecule has 180 valence electrons. The minimum Gasteiger partial charge on any atom is -0.497 e. The summed E-state index contributed by atoms with van der Waals surface area (Å²) in [6, 6.07) is 20.8. The van der Waals surface area contributed by atoms with Crippen molar-refractivity contribution in [2.24, 2.45) is 0 Å². The number of halogens is 1. The number of carbonyl (C=O) groups is 1. The molecule has 6 heteroatoms. The minimum atomic E-state index is -0.250. The second-order valence-electron chi connectivity index (χ2n) is 9.10. The van der Waals surface area contributed by atoms with E-state index < -0.39 is 0 Å². The molecular formula is C29H29FN2O3. The lowest BCUT2D eigenvalue weighted by Gasteiger charge is -2.19. The summed E-state index contributed by atoms with van der Waals surface area (Å²) < 4.78 is 26.7. The Kier molecular flexibility index (Phi) is 6.45. The number of nitrogens with zero attached hydrogens (tertiary/aromatic N) is 1. The monoisotopic (exact) mass is 472 g/mol. The summed E-state index contributed by atoms with van der Waals surface area (Å²) in [6.45, 7) is 0.600. The fourth-order valence-electron chi connectivity index (χ4n) is 4.61. The number of benzene rings is 3. The topological polar surface area (TPSA) is 52.5 Å². The lowest BCUT2D eigenvalue weighted by atomic mass is 9.87. The fraction of sp³-hybridized carbons (Fsp3) is 0.276. The van der Waals surface area contributed by atoms with Crippen LogP contribution < -0.4 is 14.8 Å². The molecule has 0 spiro atoms. The Morgan fingerprint density at radius 3 is 2.37 bits per heavy atom. The molecule has 1 atom stereocenters. The molecular weight excluding hydrogens is 443 g/mol. The van der Waals surface area contributed by atoms with Crippen LogP contribution in [-0.4, -0.2) is 30.7 Å². The lowest BCUT2D eigenvalue weighted by Crippen LogP contribution is -2.27. The van der Waals surface area contributed by atoms with Crippen LogP contribution in [0.15, 0.2) is 72.9 Å². The first-order valence-corrected chi connectivity index (χ1v) is 11.9. The molecule has 0 radical (unpaired) electrons. The number of aromatic nitrogens is 1. The summed E-state index contributed by atoms with van der Waals surface area (Å²) >= 11 is 0. The van der Waals surface area contributed by atoms with Gasteiger partial charge in [-0.2, -0.15) is 0 Å². The van der Waals surface area contributed by atoms with Crippen molar-refractivity contribution in [3.63, 3.8) is 0 Å². The van der Waals surface area contributed by atoms with Crippen molar-refractivity contribution in [2.45, 2.75) is 37.8 Å². The van der Waals surface area contributed by atoms with E-state index in [-0.39, 0.29) is 17.6 Å². The summed E-state index contributed by atoms with van der Waals surface area (Å²) in [4.78, 5) is 13.0. The number of methoxy groups -OCH3 is 2. The summed E-state index contributed by atoms with van der Waals surface area (Å²) in [5.74, 6) is 0.955. The summed E-state index contributed by atoms with van der Waals surface area (Å²) in [5.41, 5.74) is 4.08. The van der Waals surface area contributed by atoms with Gasteiger partial charge in [-0.3, -0.25) is 4.79 Å². The van der Waals surface area contributed by atoms with Crippen LogP contribution in [0.4, 0.5) is 4.39 Å². The van der Waals surface area contributed by atoms with Gasteiger partial charge >= 0.3 is 0 Å². The summed E-state index contributed by atoms with van der Waals surface area (Å²) in [7, 11) is 3.25. The molecule has 1 amide bonds. The second-order valence-corrected chi connectivity index (χ2v) is 9.10. The maximum atomic E-state index is 13.5. The lowest BCUT2D eigenvalue weighted by molar-refractivity contribution is -0.121. The molecule has 1 aromatic heterocycles. The Morgan fingerprint density at radius 2 is 1.71 bits per heavy atom. The number of rotatable bonds is 9. The Morgan fingerprint density at radius 1 is 1.03 bits per heavy atom. The molecule has 1 saturated carbocycles. The van der Waals surface area contributed by atoms with Crippen molar-refractivity contribution in [3.05, 3.63) is 95.4 Å². The highest BCUT2D eigenvalue weighted by Crippen LogP contribution is 2.38. The number of hydrogen-bond donors (Lipinski definition) is 1. The normalized spacial score (nSPS) is 14.0. The van der Waals surface area contributed by atoms with Gasteiger partial charge in [0.15, 0.2) is 0 Å². The predicted molar refractivity (Wildman–Crippen MR) is 135 cm³/mol. The van der Waals surface area contributed by atoms with E-state index in [1.807, 2.05) is 30.3 Å². The van der Waals surface area contributed by atoms with Gasteiger partial charge in [-0.15, -0.1) is 0 Å². The number of fused-ring (bicyclic) bond motifs is 1. The maximum Gasteiger partial charge on any atom is 0.221 e. The van der Waals surface area contributed by atoms with E-state index in [1.165, 1.54) is 12.1 Å². The zero-order valence-electron chi connectivity index (χ0n) is 20.0. The number of ether oxygens (including phenoxy) is 2. The number of carbonyl (C=O) groups excluding carboxylic acids is 1. The highest BCUT2D eigenvalue weighted by Gasteiger charge is 2.28. The van der Waals surface area contributed by atoms with E-state index in [4.69, 9.17) is 9.47 Å². The van der Waals surface area contributed by atoms with Crippen LogP contribution in [0.25, 0.3) is 10.9 Å². The largest absolute Gasteiger partial charge is 0.497 e. The third-order valence-electron chi connectivity index (χ3n) is 6.57. The van der Waals surface area contributed by atoms with Crippen molar-refractivity contribution in [1.29, 1.82) is 0 Å². The van der Waals surface area contributed by atoms with E-state index >= 15 is 0 Å². The van der Waals surface area contributed by atoms with Gasteiger partial charge in [0.1, 0.15) is 17.3 Å².